The molecule has 1 aliphatic heterocycles. The van der Waals surface area contributed by atoms with Gasteiger partial charge in [0.25, 0.3) is 0 Å². The van der Waals surface area contributed by atoms with Crippen molar-refractivity contribution in [2.24, 2.45) is 0 Å². The van der Waals surface area contributed by atoms with Crippen LogP contribution in [0.15, 0.2) is 42.9 Å². The van der Waals surface area contributed by atoms with Gasteiger partial charge in [-0.1, -0.05) is 30.3 Å². The van der Waals surface area contributed by atoms with Crippen LogP contribution < -0.4 is 4.90 Å². The molecule has 1 aromatic heterocycles. The molecule has 20 heavy (non-hydrogen) atoms. The van der Waals surface area contributed by atoms with Gasteiger partial charge in [0.1, 0.15) is 12.1 Å². The van der Waals surface area contributed by atoms with Gasteiger partial charge in [0.05, 0.1) is 13.2 Å². The summed E-state index contributed by atoms with van der Waals surface area (Å²) in [6.45, 7) is 3.38. The Labute approximate surface area is 119 Å². The van der Waals surface area contributed by atoms with Crippen LogP contribution in [0.25, 0.3) is 0 Å². The molecular formula is C16H19N3O. The second-order valence-corrected chi connectivity index (χ2v) is 4.96. The SMILES string of the molecule is c1ccc(CCc2cncnc2N2CCOCC2)cc1. The number of hydrogen-bond donors (Lipinski definition) is 0. The summed E-state index contributed by atoms with van der Waals surface area (Å²) in [5.74, 6) is 1.07. The molecule has 0 atom stereocenters. The third-order valence-corrected chi connectivity index (χ3v) is 3.60. The van der Waals surface area contributed by atoms with Crippen molar-refractivity contribution < 1.29 is 4.74 Å². The van der Waals surface area contributed by atoms with Crippen LogP contribution in [0.3, 0.4) is 0 Å². The smallest absolute Gasteiger partial charge is 0.135 e. The van der Waals surface area contributed by atoms with Crippen LogP contribution in [0.1, 0.15) is 11.1 Å². The zero-order chi connectivity index (χ0) is 13.6. The molecule has 1 aromatic carbocycles. The molecule has 0 unspecified atom stereocenters. The second kappa shape index (κ2) is 6.48. The normalized spacial score (nSPS) is 15.3. The first-order valence-corrected chi connectivity index (χ1v) is 7.09. The van der Waals surface area contributed by atoms with Crippen molar-refractivity contribution in [2.45, 2.75) is 12.8 Å². The lowest BCUT2D eigenvalue weighted by Gasteiger charge is -2.29. The summed E-state index contributed by atoms with van der Waals surface area (Å²) in [5.41, 5.74) is 2.57. The highest BCUT2D eigenvalue weighted by molar-refractivity contribution is 5.46. The molecule has 4 heteroatoms. The maximum Gasteiger partial charge on any atom is 0.135 e. The van der Waals surface area contributed by atoms with Crippen LogP contribution in [0.5, 0.6) is 0 Å². The quantitative estimate of drug-likeness (QED) is 0.852. The molecule has 0 radical (unpaired) electrons. The van der Waals surface area contributed by atoms with Crippen LogP contribution in [-0.2, 0) is 17.6 Å². The Kier molecular flexibility index (Phi) is 4.23. The van der Waals surface area contributed by atoms with Gasteiger partial charge in [-0.15, -0.1) is 0 Å². The number of anilines is 1. The van der Waals surface area contributed by atoms with Crippen LogP contribution in [-0.4, -0.2) is 36.3 Å². The van der Waals surface area contributed by atoms with Crippen LogP contribution >= 0.6 is 0 Å². The van der Waals surface area contributed by atoms with Crippen molar-refractivity contribution >= 4 is 5.82 Å². The first-order chi connectivity index (χ1) is 9.93. The molecule has 3 rings (SSSR count). The summed E-state index contributed by atoms with van der Waals surface area (Å²) in [6.07, 6.45) is 5.57. The highest BCUT2D eigenvalue weighted by atomic mass is 16.5. The van der Waals surface area contributed by atoms with E-state index < -0.39 is 0 Å². The molecule has 0 bridgehead atoms. The molecule has 1 saturated heterocycles. The molecular weight excluding hydrogens is 250 g/mol. The predicted octanol–water partition coefficient (Wildman–Crippen LogP) is 2.10. The van der Waals surface area contributed by atoms with E-state index in [1.807, 2.05) is 12.3 Å². The Morgan fingerprint density at radius 1 is 1.05 bits per heavy atom. The number of benzene rings is 1. The van der Waals surface area contributed by atoms with Gasteiger partial charge in [0.2, 0.25) is 0 Å². The van der Waals surface area contributed by atoms with Crippen molar-refractivity contribution in [2.75, 3.05) is 31.2 Å². The first kappa shape index (κ1) is 13.1. The van der Waals surface area contributed by atoms with Gasteiger partial charge in [-0.25, -0.2) is 9.97 Å². The number of nitrogens with zero attached hydrogens (tertiary/aromatic N) is 3. The molecule has 0 N–H and O–H groups in total. The average molecular weight is 269 g/mol. The zero-order valence-corrected chi connectivity index (χ0v) is 11.5. The van der Waals surface area contributed by atoms with Crippen LogP contribution in [0, 0.1) is 0 Å². The Hall–Kier alpha value is -1.94. The fraction of sp³-hybridized carbons (Fsp3) is 0.375. The maximum atomic E-state index is 5.41. The molecule has 4 nitrogen and oxygen atoms in total. The number of hydrogen-bond acceptors (Lipinski definition) is 4. The van der Waals surface area contributed by atoms with E-state index >= 15 is 0 Å². The number of morpholine rings is 1. The molecule has 2 aromatic rings. The first-order valence-electron chi connectivity index (χ1n) is 7.09. The van der Waals surface area contributed by atoms with Gasteiger partial charge in [-0.3, -0.25) is 0 Å². The zero-order valence-electron chi connectivity index (χ0n) is 11.5. The standard InChI is InChI=1S/C16H19N3O/c1-2-4-14(5-3-1)6-7-15-12-17-13-18-16(15)19-8-10-20-11-9-19/h1-5,12-13H,6-11H2. The summed E-state index contributed by atoms with van der Waals surface area (Å²) in [4.78, 5) is 11.0. The number of ether oxygens (including phenoxy) is 1. The minimum atomic E-state index is 0.780. The van der Waals surface area contributed by atoms with E-state index in [4.69, 9.17) is 4.74 Å². The summed E-state index contributed by atoms with van der Waals surface area (Å²) >= 11 is 0. The van der Waals surface area contributed by atoms with Crippen molar-refractivity contribution in [3.63, 3.8) is 0 Å². The van der Waals surface area contributed by atoms with Crippen molar-refractivity contribution in [3.05, 3.63) is 54.0 Å². The minimum absolute atomic E-state index is 0.780. The molecule has 104 valence electrons. The van der Waals surface area contributed by atoms with E-state index in [2.05, 4.69) is 39.1 Å². The summed E-state index contributed by atoms with van der Waals surface area (Å²) in [5, 5.41) is 0. The molecule has 0 spiro atoms. The van der Waals surface area contributed by atoms with Crippen molar-refractivity contribution in [1.29, 1.82) is 0 Å². The largest absolute Gasteiger partial charge is 0.378 e. The fourth-order valence-corrected chi connectivity index (χ4v) is 2.51. The minimum Gasteiger partial charge on any atom is -0.378 e. The number of aryl methyl sites for hydroxylation is 2. The maximum absolute atomic E-state index is 5.41. The number of rotatable bonds is 4. The van der Waals surface area contributed by atoms with E-state index in [1.165, 1.54) is 11.1 Å². The molecule has 0 aliphatic carbocycles. The molecule has 1 aliphatic rings. The van der Waals surface area contributed by atoms with Crippen LogP contribution in [0.2, 0.25) is 0 Å². The lowest BCUT2D eigenvalue weighted by atomic mass is 10.1. The van der Waals surface area contributed by atoms with E-state index in [9.17, 15) is 0 Å². The number of aromatic nitrogens is 2. The highest BCUT2D eigenvalue weighted by Crippen LogP contribution is 2.19. The van der Waals surface area contributed by atoms with Crippen molar-refractivity contribution in [1.82, 2.24) is 9.97 Å². The van der Waals surface area contributed by atoms with E-state index in [1.54, 1.807) is 6.33 Å². The third-order valence-electron chi connectivity index (χ3n) is 3.60. The topological polar surface area (TPSA) is 38.2 Å². The Morgan fingerprint density at radius 3 is 2.65 bits per heavy atom. The Bertz CT molecular complexity index is 538. The van der Waals surface area contributed by atoms with Gasteiger partial charge < -0.3 is 9.64 Å². The van der Waals surface area contributed by atoms with E-state index in [-0.39, 0.29) is 0 Å². The average Bonchev–Trinajstić information content (AvgIpc) is 2.55. The summed E-state index contributed by atoms with van der Waals surface area (Å²) < 4.78 is 5.41. The molecule has 2 heterocycles. The highest BCUT2D eigenvalue weighted by Gasteiger charge is 2.15. The van der Waals surface area contributed by atoms with Crippen molar-refractivity contribution in [3.8, 4) is 0 Å². The van der Waals surface area contributed by atoms with Gasteiger partial charge in [0.15, 0.2) is 0 Å². The Balaban J connectivity index is 1.72. The van der Waals surface area contributed by atoms with Gasteiger partial charge in [0, 0.05) is 24.8 Å². The van der Waals surface area contributed by atoms with Crippen LogP contribution in [0.4, 0.5) is 5.82 Å². The lowest BCUT2D eigenvalue weighted by molar-refractivity contribution is 0.122. The molecule has 0 saturated carbocycles. The van der Waals surface area contributed by atoms with Gasteiger partial charge >= 0.3 is 0 Å². The summed E-state index contributed by atoms with van der Waals surface area (Å²) in [7, 11) is 0. The predicted molar refractivity (Wildman–Crippen MR) is 78.9 cm³/mol. The van der Waals surface area contributed by atoms with E-state index in [0.29, 0.717) is 0 Å². The second-order valence-electron chi connectivity index (χ2n) is 4.96. The molecule has 1 fully saturated rings. The monoisotopic (exact) mass is 269 g/mol. The van der Waals surface area contributed by atoms with E-state index in [0.717, 1.165) is 45.0 Å². The molecule has 0 amide bonds. The van der Waals surface area contributed by atoms with Gasteiger partial charge in [-0.05, 0) is 18.4 Å². The fourth-order valence-electron chi connectivity index (χ4n) is 2.51. The third kappa shape index (κ3) is 3.14. The van der Waals surface area contributed by atoms with Gasteiger partial charge in [-0.2, -0.15) is 0 Å². The summed E-state index contributed by atoms with van der Waals surface area (Å²) in [6, 6.07) is 10.5. The Morgan fingerprint density at radius 2 is 1.85 bits per heavy atom. The lowest BCUT2D eigenvalue weighted by Crippen LogP contribution is -2.37.